The van der Waals surface area contributed by atoms with Gasteiger partial charge in [-0.3, -0.25) is 4.40 Å². The molecule has 14 rings (SSSR count). The van der Waals surface area contributed by atoms with Crippen LogP contribution in [0.2, 0.25) is 0 Å². The molecule has 0 bridgehead atoms. The lowest BCUT2D eigenvalue weighted by molar-refractivity contribution is 0.660. The first-order valence-electron chi connectivity index (χ1n) is 23.0. The van der Waals surface area contributed by atoms with Crippen LogP contribution in [-0.4, -0.2) is 14.6 Å². The Bertz CT molecular complexity index is 4050. The Kier molecular flexibility index (Phi) is 7.68. The van der Waals surface area contributed by atoms with Crippen LogP contribution >= 0.6 is 11.3 Å². The molecule has 0 saturated carbocycles. The normalized spacial score (nSPS) is 14.3. The zero-order valence-electron chi connectivity index (χ0n) is 37.1. The topological polar surface area (TPSA) is 30.2 Å². The summed E-state index contributed by atoms with van der Waals surface area (Å²) in [5, 5.41) is 15.7. The average Bonchev–Trinajstić information content (AvgIpc) is 4.09. The second-order valence-electron chi connectivity index (χ2n) is 19.4. The summed E-state index contributed by atoms with van der Waals surface area (Å²) < 4.78 is 4.81. The van der Waals surface area contributed by atoms with E-state index >= 15 is 0 Å². The minimum absolute atomic E-state index is 0.0599. The highest BCUT2D eigenvalue weighted by Gasteiger charge is 2.36. The second-order valence-corrected chi connectivity index (χ2v) is 20.5. The van der Waals surface area contributed by atoms with Gasteiger partial charge in [-0.05, 0) is 120 Å². The first kappa shape index (κ1) is 37.7. The summed E-state index contributed by atoms with van der Waals surface area (Å²) >= 11 is 1.89. The highest BCUT2D eigenvalue weighted by molar-refractivity contribution is 7.26. The predicted octanol–water partition coefficient (Wildman–Crippen LogP) is 16.7. The van der Waals surface area contributed by atoms with Gasteiger partial charge in [-0.2, -0.15) is 0 Å². The largest absolute Gasteiger partial charge is 0.274 e. The van der Waals surface area contributed by atoms with Crippen LogP contribution < -0.4 is 0 Å². The molecule has 66 heavy (non-hydrogen) atoms. The van der Waals surface area contributed by atoms with E-state index in [0.29, 0.717) is 0 Å². The Morgan fingerprint density at radius 1 is 0.364 bits per heavy atom. The van der Waals surface area contributed by atoms with Gasteiger partial charge in [0.2, 0.25) is 0 Å². The van der Waals surface area contributed by atoms with Crippen molar-refractivity contribution in [2.45, 2.75) is 38.5 Å². The van der Waals surface area contributed by atoms with Crippen LogP contribution in [0, 0.1) is 0 Å². The maximum absolute atomic E-state index is 4.84. The number of para-hydroxylation sites is 1. The van der Waals surface area contributed by atoms with Crippen LogP contribution in [0.5, 0.6) is 0 Å². The molecule has 0 radical (unpaired) electrons. The van der Waals surface area contributed by atoms with E-state index in [1.165, 1.54) is 109 Å². The molecule has 2 aliphatic carbocycles. The quantitative estimate of drug-likeness (QED) is 0.165. The fraction of sp³-hybridized carbons (Fsp3) is 0.0968. The smallest absolute Gasteiger partial charge is 0.169 e. The molecule has 0 fully saturated rings. The molecule has 12 aromatic rings. The van der Waals surface area contributed by atoms with E-state index in [1.807, 2.05) is 11.3 Å². The van der Waals surface area contributed by atoms with E-state index in [9.17, 15) is 0 Å². The summed E-state index contributed by atoms with van der Waals surface area (Å²) in [6.07, 6.45) is 0. The van der Waals surface area contributed by atoms with Gasteiger partial charge in [0.05, 0.1) is 5.52 Å². The van der Waals surface area contributed by atoms with Crippen molar-refractivity contribution in [1.82, 2.24) is 14.6 Å². The zero-order valence-corrected chi connectivity index (χ0v) is 38.0. The number of rotatable bonds is 4. The molecule has 3 heterocycles. The fourth-order valence-corrected chi connectivity index (χ4v) is 12.9. The molecular formula is C62H43N3S. The SMILES string of the molecule is CC1(C)c2ccccc2-c2ccc(-c3ccc4sc5c(-c6ccc(-c7nnc8c9ccccc9c9ccccc9n78)cc6)cc(-c6ccc7c(c6)C(C)(C)c6ccccc6-7)cc5c4c3)cc21. The van der Waals surface area contributed by atoms with Crippen molar-refractivity contribution in [2.75, 3.05) is 0 Å². The lowest BCUT2D eigenvalue weighted by Gasteiger charge is -2.22. The molecule has 0 spiro atoms. The fourth-order valence-electron chi connectivity index (χ4n) is 11.7. The number of fused-ring (bicyclic) bond motifs is 15. The minimum atomic E-state index is -0.0933. The van der Waals surface area contributed by atoms with E-state index < -0.39 is 0 Å². The molecule has 4 heteroatoms. The van der Waals surface area contributed by atoms with Crippen molar-refractivity contribution in [3.8, 4) is 67.0 Å². The summed E-state index contributed by atoms with van der Waals surface area (Å²) in [4.78, 5) is 0. The van der Waals surface area contributed by atoms with Crippen LogP contribution in [0.15, 0.2) is 188 Å². The highest BCUT2D eigenvalue weighted by Crippen LogP contribution is 2.52. The molecule has 9 aromatic carbocycles. The number of thiophene rings is 1. The number of hydrogen-bond donors (Lipinski definition) is 0. The molecule has 0 saturated heterocycles. The molecular weight excluding hydrogens is 819 g/mol. The van der Waals surface area contributed by atoms with Crippen LogP contribution in [0.25, 0.3) is 115 Å². The van der Waals surface area contributed by atoms with Gasteiger partial charge >= 0.3 is 0 Å². The van der Waals surface area contributed by atoms with Crippen molar-refractivity contribution in [2.24, 2.45) is 0 Å². The summed E-state index contributed by atoms with van der Waals surface area (Å²) in [5.74, 6) is 0.840. The molecule has 3 aromatic heterocycles. The standard InChI is InChI=1S/C62H43N3S/c1-61(2)52-18-10-7-14-43(52)45-28-25-39(34-54(45)61)38-27-30-57-50(31-38)51-33-41(40-26-29-46-44-15-8-11-19-53(44)62(3,4)55(46)35-40)32-49(58(51)66-57)36-21-23-37(24-22-36)59-63-64-60-48-17-6-5-13-42(48)47-16-9-12-20-56(47)65(59)60/h5-35H,1-4H3. The lowest BCUT2D eigenvalue weighted by Crippen LogP contribution is -2.14. The van der Waals surface area contributed by atoms with E-state index in [-0.39, 0.29) is 10.8 Å². The maximum Gasteiger partial charge on any atom is 0.169 e. The molecule has 2 aliphatic rings. The second kappa shape index (κ2) is 13.4. The van der Waals surface area contributed by atoms with E-state index in [0.717, 1.165) is 27.9 Å². The van der Waals surface area contributed by atoms with Crippen molar-refractivity contribution >= 4 is 58.8 Å². The van der Waals surface area contributed by atoms with E-state index in [1.54, 1.807) is 0 Å². The van der Waals surface area contributed by atoms with Crippen LogP contribution in [0.1, 0.15) is 49.9 Å². The Labute approximate surface area is 387 Å². The molecule has 0 N–H and O–H groups in total. The number of benzene rings is 9. The Morgan fingerprint density at radius 3 is 1.58 bits per heavy atom. The average molecular weight is 862 g/mol. The minimum Gasteiger partial charge on any atom is -0.274 e. The van der Waals surface area contributed by atoms with E-state index in [2.05, 4.69) is 220 Å². The van der Waals surface area contributed by atoms with Crippen molar-refractivity contribution in [3.05, 3.63) is 210 Å². The van der Waals surface area contributed by atoms with Gasteiger partial charge in [0.15, 0.2) is 11.5 Å². The molecule has 0 atom stereocenters. The van der Waals surface area contributed by atoms with Gasteiger partial charge in [0.25, 0.3) is 0 Å². The van der Waals surface area contributed by atoms with Gasteiger partial charge in [-0.25, -0.2) is 0 Å². The third-order valence-corrected chi connectivity index (χ3v) is 16.3. The van der Waals surface area contributed by atoms with Crippen molar-refractivity contribution in [3.63, 3.8) is 0 Å². The van der Waals surface area contributed by atoms with Gasteiger partial charge < -0.3 is 0 Å². The summed E-state index contributed by atoms with van der Waals surface area (Å²) in [5.41, 5.74) is 21.2. The predicted molar refractivity (Wildman–Crippen MR) is 278 cm³/mol. The van der Waals surface area contributed by atoms with Gasteiger partial charge in [-0.15, -0.1) is 21.5 Å². The molecule has 3 nitrogen and oxygen atoms in total. The number of pyridine rings is 1. The van der Waals surface area contributed by atoms with Crippen molar-refractivity contribution in [1.29, 1.82) is 0 Å². The third-order valence-electron chi connectivity index (χ3n) is 15.1. The van der Waals surface area contributed by atoms with Gasteiger partial charge in [0, 0.05) is 52.9 Å². The summed E-state index contributed by atoms with van der Waals surface area (Å²) in [6, 6.07) is 70.1. The maximum atomic E-state index is 4.84. The van der Waals surface area contributed by atoms with Crippen molar-refractivity contribution < 1.29 is 0 Å². The Morgan fingerprint density at radius 2 is 0.879 bits per heavy atom. The Balaban J connectivity index is 0.942. The molecule has 0 amide bonds. The van der Waals surface area contributed by atoms with Gasteiger partial charge in [-0.1, -0.05) is 173 Å². The summed E-state index contributed by atoms with van der Waals surface area (Å²) in [7, 11) is 0. The number of aromatic nitrogens is 3. The van der Waals surface area contributed by atoms with E-state index in [4.69, 9.17) is 10.2 Å². The third kappa shape index (κ3) is 5.19. The number of nitrogens with zero attached hydrogens (tertiary/aromatic N) is 3. The first-order valence-corrected chi connectivity index (χ1v) is 23.8. The van der Waals surface area contributed by atoms with Crippen LogP contribution in [-0.2, 0) is 10.8 Å². The van der Waals surface area contributed by atoms with Crippen LogP contribution in [0.4, 0.5) is 0 Å². The van der Waals surface area contributed by atoms with Gasteiger partial charge in [0.1, 0.15) is 0 Å². The highest BCUT2D eigenvalue weighted by atomic mass is 32.1. The monoisotopic (exact) mass is 861 g/mol. The lowest BCUT2D eigenvalue weighted by atomic mass is 9.81. The molecule has 0 aliphatic heterocycles. The Hall–Kier alpha value is -7.66. The number of hydrogen-bond acceptors (Lipinski definition) is 3. The molecule has 0 unspecified atom stereocenters. The van der Waals surface area contributed by atoms with Crippen LogP contribution in [0.3, 0.4) is 0 Å². The molecule has 312 valence electrons. The first-order chi connectivity index (χ1) is 32.2. The zero-order chi connectivity index (χ0) is 44.1. The summed E-state index contributed by atoms with van der Waals surface area (Å²) in [6.45, 7) is 9.47.